The van der Waals surface area contributed by atoms with Gasteiger partial charge in [0, 0.05) is 12.6 Å². The summed E-state index contributed by atoms with van der Waals surface area (Å²) < 4.78 is 55.9. The van der Waals surface area contributed by atoms with E-state index in [-0.39, 0.29) is 12.2 Å². The molecule has 1 aromatic carbocycles. The Bertz CT molecular complexity index is 747. The minimum Gasteiger partial charge on any atom is -0.370 e. The molecule has 0 aliphatic heterocycles. The number of anilines is 1. The molecule has 0 spiro atoms. The van der Waals surface area contributed by atoms with Crippen molar-refractivity contribution in [3.63, 3.8) is 0 Å². The van der Waals surface area contributed by atoms with Gasteiger partial charge in [0.15, 0.2) is 0 Å². The van der Waals surface area contributed by atoms with E-state index >= 15 is 0 Å². The lowest BCUT2D eigenvalue weighted by atomic mass is 10.1. The van der Waals surface area contributed by atoms with Crippen molar-refractivity contribution in [2.75, 3.05) is 11.9 Å². The first kappa shape index (κ1) is 18.9. The third-order valence-electron chi connectivity index (χ3n) is 3.56. The highest BCUT2D eigenvalue weighted by atomic mass is 19.3. The van der Waals surface area contributed by atoms with E-state index in [1.807, 2.05) is 0 Å². The summed E-state index contributed by atoms with van der Waals surface area (Å²) in [6, 6.07) is 6.08. The van der Waals surface area contributed by atoms with E-state index < -0.39 is 24.9 Å². The van der Waals surface area contributed by atoms with Crippen LogP contribution in [-0.4, -0.2) is 34.6 Å². The number of hydrogen-bond donors (Lipinski definition) is 1. The molecule has 0 fully saturated rings. The summed E-state index contributed by atoms with van der Waals surface area (Å²) in [4.78, 5) is 12.2. The molecule has 0 radical (unpaired) electrons. The summed E-state index contributed by atoms with van der Waals surface area (Å²) >= 11 is 0. The zero-order valence-corrected chi connectivity index (χ0v) is 13.6. The van der Waals surface area contributed by atoms with Crippen LogP contribution in [0.25, 0.3) is 0 Å². The molecule has 0 aliphatic carbocycles. The van der Waals surface area contributed by atoms with Gasteiger partial charge in [-0.05, 0) is 24.6 Å². The van der Waals surface area contributed by atoms with Crippen molar-refractivity contribution in [1.29, 1.82) is 0 Å². The fourth-order valence-corrected chi connectivity index (χ4v) is 1.99. The van der Waals surface area contributed by atoms with E-state index in [1.165, 1.54) is 18.3 Å². The molecule has 1 aromatic heterocycles. The van der Waals surface area contributed by atoms with Crippen LogP contribution in [0.1, 0.15) is 21.6 Å². The minimum atomic E-state index is -4.20. The maximum absolute atomic E-state index is 12.8. The molecule has 0 saturated carbocycles. The van der Waals surface area contributed by atoms with Gasteiger partial charge in [0.05, 0.1) is 24.2 Å². The van der Waals surface area contributed by atoms with Gasteiger partial charge in [-0.3, -0.25) is 9.48 Å². The molecule has 1 heterocycles. The predicted molar refractivity (Wildman–Crippen MR) is 82.9 cm³/mol. The van der Waals surface area contributed by atoms with Crippen LogP contribution in [0.15, 0.2) is 30.5 Å². The first-order valence-corrected chi connectivity index (χ1v) is 7.33. The Kier molecular flexibility index (Phi) is 5.78. The van der Waals surface area contributed by atoms with E-state index in [9.17, 15) is 22.4 Å². The number of nitrogens with zero attached hydrogens (tertiary/aromatic N) is 2. The van der Waals surface area contributed by atoms with Crippen LogP contribution in [-0.2, 0) is 18.4 Å². The van der Waals surface area contributed by atoms with E-state index in [0.717, 1.165) is 5.69 Å². The fourth-order valence-electron chi connectivity index (χ4n) is 1.99. The highest BCUT2D eigenvalue weighted by molar-refractivity contribution is 6.04. The number of ether oxygens (including phenoxy) is 1. The molecule has 2 rings (SSSR count). The SMILES string of the molecule is Cc1c(NC(=O)c2cccc(COCC(F)(F)C(F)F)c2)cnn1C. The molecular weight excluding hydrogens is 342 g/mol. The average Bonchev–Trinajstić information content (AvgIpc) is 2.87. The zero-order chi connectivity index (χ0) is 18.6. The van der Waals surface area contributed by atoms with Crippen molar-refractivity contribution in [2.24, 2.45) is 7.05 Å². The molecular formula is C16H17F4N3O2. The molecule has 5 nitrogen and oxygen atoms in total. The van der Waals surface area contributed by atoms with E-state index in [4.69, 9.17) is 0 Å². The number of carbonyl (C=O) groups excluding carboxylic acids is 1. The van der Waals surface area contributed by atoms with Gasteiger partial charge in [-0.1, -0.05) is 12.1 Å². The highest BCUT2D eigenvalue weighted by Gasteiger charge is 2.40. The number of amides is 1. The lowest BCUT2D eigenvalue weighted by Crippen LogP contribution is -2.32. The van der Waals surface area contributed by atoms with E-state index in [2.05, 4.69) is 15.2 Å². The molecule has 1 N–H and O–H groups in total. The lowest BCUT2D eigenvalue weighted by Gasteiger charge is -2.15. The van der Waals surface area contributed by atoms with Gasteiger partial charge in [-0.25, -0.2) is 8.78 Å². The second-order valence-electron chi connectivity index (χ2n) is 5.48. The standard InChI is InChI=1S/C16H17F4N3O2/c1-10-13(7-21-23(10)2)22-14(24)12-5-3-4-11(6-12)8-25-9-16(19,20)15(17)18/h3-7,15H,8-9H2,1-2H3,(H,22,24). The van der Waals surface area contributed by atoms with E-state index in [1.54, 1.807) is 30.8 Å². The first-order chi connectivity index (χ1) is 11.7. The number of benzene rings is 1. The van der Waals surface area contributed by atoms with Gasteiger partial charge in [0.2, 0.25) is 0 Å². The van der Waals surface area contributed by atoms with Gasteiger partial charge >= 0.3 is 12.3 Å². The minimum absolute atomic E-state index is 0.282. The number of carbonyl (C=O) groups is 1. The smallest absolute Gasteiger partial charge is 0.330 e. The Morgan fingerprint density at radius 1 is 1.40 bits per heavy atom. The molecule has 0 atom stereocenters. The monoisotopic (exact) mass is 359 g/mol. The van der Waals surface area contributed by atoms with Crippen LogP contribution in [0.5, 0.6) is 0 Å². The highest BCUT2D eigenvalue weighted by Crippen LogP contribution is 2.23. The maximum atomic E-state index is 12.8. The number of hydrogen-bond acceptors (Lipinski definition) is 3. The second kappa shape index (κ2) is 7.64. The Balaban J connectivity index is 1.98. The lowest BCUT2D eigenvalue weighted by molar-refractivity contribution is -0.168. The topological polar surface area (TPSA) is 56.1 Å². The van der Waals surface area contributed by atoms with Crippen LogP contribution in [0.2, 0.25) is 0 Å². The molecule has 1 amide bonds. The van der Waals surface area contributed by atoms with Crippen molar-refractivity contribution >= 4 is 11.6 Å². The summed E-state index contributed by atoms with van der Waals surface area (Å²) in [5.74, 6) is -4.61. The third-order valence-corrected chi connectivity index (χ3v) is 3.56. The van der Waals surface area contributed by atoms with Crippen LogP contribution in [0.4, 0.5) is 23.2 Å². The van der Waals surface area contributed by atoms with Crippen LogP contribution in [0.3, 0.4) is 0 Å². The van der Waals surface area contributed by atoms with Gasteiger partial charge < -0.3 is 10.1 Å². The van der Waals surface area contributed by atoms with Crippen LogP contribution < -0.4 is 5.32 Å². The molecule has 2 aromatic rings. The molecule has 0 aliphatic rings. The quantitative estimate of drug-likeness (QED) is 0.771. The Hall–Kier alpha value is -2.42. The average molecular weight is 359 g/mol. The van der Waals surface area contributed by atoms with Gasteiger partial charge in [-0.15, -0.1) is 0 Å². The Morgan fingerprint density at radius 3 is 2.72 bits per heavy atom. The number of aryl methyl sites for hydroxylation is 1. The van der Waals surface area contributed by atoms with Crippen molar-refractivity contribution in [1.82, 2.24) is 9.78 Å². The number of aromatic nitrogens is 2. The van der Waals surface area contributed by atoms with E-state index in [0.29, 0.717) is 11.3 Å². The van der Waals surface area contributed by atoms with Crippen LogP contribution in [0, 0.1) is 6.92 Å². The summed E-state index contributed by atoms with van der Waals surface area (Å²) in [6.07, 6.45) is -2.28. The number of halogens is 4. The number of nitrogens with one attached hydrogen (secondary N) is 1. The van der Waals surface area contributed by atoms with Crippen molar-refractivity contribution in [3.8, 4) is 0 Å². The Labute approximate surface area is 141 Å². The summed E-state index contributed by atoms with van der Waals surface area (Å²) in [7, 11) is 1.73. The van der Waals surface area contributed by atoms with Crippen molar-refractivity contribution in [3.05, 3.63) is 47.3 Å². The predicted octanol–water partition coefficient (Wildman–Crippen LogP) is 3.40. The fraction of sp³-hybridized carbons (Fsp3) is 0.375. The molecule has 0 bridgehead atoms. The first-order valence-electron chi connectivity index (χ1n) is 7.33. The molecule has 136 valence electrons. The van der Waals surface area contributed by atoms with Gasteiger partial charge in [0.25, 0.3) is 5.91 Å². The number of alkyl halides is 4. The summed E-state index contributed by atoms with van der Waals surface area (Å²) in [5.41, 5.74) is 2.01. The molecule has 0 saturated heterocycles. The normalized spacial score (nSPS) is 11.8. The molecule has 0 unspecified atom stereocenters. The zero-order valence-electron chi connectivity index (χ0n) is 13.6. The second-order valence-corrected chi connectivity index (χ2v) is 5.48. The number of rotatable bonds is 7. The van der Waals surface area contributed by atoms with Crippen LogP contribution >= 0.6 is 0 Å². The summed E-state index contributed by atoms with van der Waals surface area (Å²) in [6.45, 7) is 0.0847. The molecule has 9 heteroatoms. The molecule has 25 heavy (non-hydrogen) atoms. The third kappa shape index (κ3) is 4.79. The van der Waals surface area contributed by atoms with Gasteiger partial charge in [0.1, 0.15) is 6.61 Å². The maximum Gasteiger partial charge on any atom is 0.330 e. The largest absolute Gasteiger partial charge is 0.370 e. The van der Waals surface area contributed by atoms with Crippen molar-refractivity contribution < 1.29 is 27.1 Å². The van der Waals surface area contributed by atoms with Gasteiger partial charge in [-0.2, -0.15) is 13.9 Å². The summed E-state index contributed by atoms with van der Waals surface area (Å²) in [5, 5.41) is 6.70. The Morgan fingerprint density at radius 2 is 2.12 bits per heavy atom. The van der Waals surface area contributed by atoms with Crippen molar-refractivity contribution in [2.45, 2.75) is 25.9 Å².